The highest BCUT2D eigenvalue weighted by molar-refractivity contribution is 6.10. The Labute approximate surface area is 205 Å². The fourth-order valence-electron chi connectivity index (χ4n) is 3.80. The quantitative estimate of drug-likeness (QED) is 0.272. The Morgan fingerprint density at radius 3 is 1.29 bits per heavy atom. The molecule has 0 radical (unpaired) electrons. The molecule has 0 aliphatic rings. The van der Waals surface area contributed by atoms with E-state index in [2.05, 4.69) is 41.5 Å². The van der Waals surface area contributed by atoms with Crippen molar-refractivity contribution in [2.24, 2.45) is 0 Å². The van der Waals surface area contributed by atoms with E-state index in [4.69, 9.17) is 0 Å². The smallest absolute Gasteiger partial charge is 0.294 e. The van der Waals surface area contributed by atoms with E-state index in [1.807, 2.05) is 54.6 Å². The summed E-state index contributed by atoms with van der Waals surface area (Å²) in [6.45, 7) is 12.7. The van der Waals surface area contributed by atoms with Crippen LogP contribution in [0.5, 0.6) is 0 Å². The molecule has 184 valence electrons. The number of carbonyl (C=O) groups excluding carboxylic acids is 2. The molecule has 0 bridgehead atoms. The van der Waals surface area contributed by atoms with Crippen molar-refractivity contribution in [3.8, 4) is 22.3 Å². The first-order chi connectivity index (χ1) is 16.1. The Bertz CT molecular complexity index is 1150. The van der Waals surface area contributed by atoms with Crippen LogP contribution in [-0.4, -0.2) is 17.7 Å². The van der Waals surface area contributed by atoms with Crippen molar-refractivity contribution in [2.75, 3.05) is 0 Å². The number of Topliss-reactive ketones (excluding diaryl/α,β-unsaturated/α-hetero) is 2. The van der Waals surface area contributed by atoms with Crippen LogP contribution in [0.4, 0.5) is 13.2 Å². The molecule has 0 aliphatic heterocycles. The van der Waals surface area contributed by atoms with E-state index in [-0.39, 0.29) is 16.4 Å². The second-order valence-electron chi connectivity index (χ2n) is 11.0. The third-order valence-corrected chi connectivity index (χ3v) is 6.06. The van der Waals surface area contributed by atoms with Crippen LogP contribution >= 0.6 is 0 Å². The van der Waals surface area contributed by atoms with Gasteiger partial charge in [-0.1, -0.05) is 90.1 Å². The van der Waals surface area contributed by atoms with E-state index in [0.29, 0.717) is 11.1 Å². The van der Waals surface area contributed by atoms with Gasteiger partial charge in [0.2, 0.25) is 5.78 Å². The molecule has 0 unspecified atom stereocenters. The van der Waals surface area contributed by atoms with Crippen LogP contribution in [0.25, 0.3) is 22.3 Å². The lowest BCUT2D eigenvalue weighted by molar-refractivity contribution is -0.170. The molecular formula is C30H31F3O2. The zero-order valence-electron chi connectivity index (χ0n) is 21.0. The molecule has 0 N–H and O–H groups in total. The van der Waals surface area contributed by atoms with Crippen molar-refractivity contribution in [3.63, 3.8) is 0 Å². The zero-order valence-corrected chi connectivity index (χ0v) is 21.0. The fraction of sp³-hybridized carbons (Fsp3) is 0.333. The van der Waals surface area contributed by atoms with Gasteiger partial charge in [-0.05, 0) is 62.4 Å². The Morgan fingerprint density at radius 2 is 0.971 bits per heavy atom. The maximum atomic E-state index is 12.8. The summed E-state index contributed by atoms with van der Waals surface area (Å²) in [6, 6.07) is 20.8. The summed E-state index contributed by atoms with van der Waals surface area (Å²) in [5.74, 6) is -2.90. The average Bonchev–Trinajstić information content (AvgIpc) is 2.77. The molecule has 3 rings (SSSR count). The maximum absolute atomic E-state index is 12.8. The lowest BCUT2D eigenvalue weighted by atomic mass is 9.85. The minimum atomic E-state index is -5.04. The minimum absolute atomic E-state index is 0.0335. The highest BCUT2D eigenvalue weighted by atomic mass is 19.4. The molecule has 5 heteroatoms. The largest absolute Gasteiger partial charge is 0.450 e. The standard InChI is InChI=1S/C30H31F3O2/c1-28(2,3)24-11-7-19(8-12-24)21-15-22(20-9-13-25(14-10-20)29(4,5)6)17-23(16-21)26(34)18-27(35)30(31,32)33/h7-17H,18H2,1-6H3. The van der Waals surface area contributed by atoms with Crippen molar-refractivity contribution in [2.45, 2.75) is 65.0 Å². The number of ketones is 2. The van der Waals surface area contributed by atoms with Gasteiger partial charge in [0.1, 0.15) is 0 Å². The normalized spacial score (nSPS) is 12.5. The Balaban J connectivity index is 2.09. The first kappa shape index (κ1) is 26.4. The van der Waals surface area contributed by atoms with Crippen molar-refractivity contribution < 1.29 is 22.8 Å². The summed E-state index contributed by atoms with van der Waals surface area (Å²) in [6.07, 6.45) is -6.25. The van der Waals surface area contributed by atoms with Crippen molar-refractivity contribution >= 4 is 11.6 Å². The molecule has 35 heavy (non-hydrogen) atoms. The summed E-state index contributed by atoms with van der Waals surface area (Å²) in [7, 11) is 0. The van der Waals surface area contributed by atoms with E-state index in [1.54, 1.807) is 12.1 Å². The summed E-state index contributed by atoms with van der Waals surface area (Å²) < 4.78 is 38.3. The van der Waals surface area contributed by atoms with Gasteiger partial charge >= 0.3 is 6.18 Å². The predicted molar refractivity (Wildman–Crippen MR) is 135 cm³/mol. The highest BCUT2D eigenvalue weighted by Crippen LogP contribution is 2.32. The first-order valence-corrected chi connectivity index (χ1v) is 11.6. The van der Waals surface area contributed by atoms with Gasteiger partial charge in [-0.3, -0.25) is 9.59 Å². The fourth-order valence-corrected chi connectivity index (χ4v) is 3.80. The van der Waals surface area contributed by atoms with Crippen LogP contribution in [0.1, 0.15) is 69.4 Å². The van der Waals surface area contributed by atoms with Gasteiger partial charge in [0.25, 0.3) is 0 Å². The van der Waals surface area contributed by atoms with Crippen LogP contribution in [0.3, 0.4) is 0 Å². The van der Waals surface area contributed by atoms with Crippen molar-refractivity contribution in [3.05, 3.63) is 83.4 Å². The van der Waals surface area contributed by atoms with E-state index < -0.39 is 24.2 Å². The van der Waals surface area contributed by atoms with Gasteiger partial charge in [0.15, 0.2) is 5.78 Å². The van der Waals surface area contributed by atoms with Gasteiger partial charge in [0, 0.05) is 5.56 Å². The molecule has 0 aliphatic carbocycles. The molecular weight excluding hydrogens is 449 g/mol. The van der Waals surface area contributed by atoms with E-state index >= 15 is 0 Å². The average molecular weight is 481 g/mol. The molecule has 0 fully saturated rings. The summed E-state index contributed by atoms with van der Waals surface area (Å²) >= 11 is 0. The Kier molecular flexibility index (Phi) is 7.12. The Hall–Kier alpha value is -3.21. The highest BCUT2D eigenvalue weighted by Gasteiger charge is 2.39. The third-order valence-electron chi connectivity index (χ3n) is 6.06. The molecule has 0 amide bonds. The van der Waals surface area contributed by atoms with Crippen molar-refractivity contribution in [1.82, 2.24) is 0 Å². The number of hydrogen-bond acceptors (Lipinski definition) is 2. The molecule has 2 nitrogen and oxygen atoms in total. The first-order valence-electron chi connectivity index (χ1n) is 11.6. The van der Waals surface area contributed by atoms with Crippen LogP contribution in [0, 0.1) is 0 Å². The SMILES string of the molecule is CC(C)(C)c1ccc(-c2cc(C(=O)CC(=O)C(F)(F)F)cc(-c3ccc(C(C)(C)C)cc3)c2)cc1. The second kappa shape index (κ2) is 9.44. The summed E-state index contributed by atoms with van der Waals surface area (Å²) in [5, 5.41) is 0. The number of rotatable bonds is 5. The van der Waals surface area contributed by atoms with Gasteiger partial charge in [0.05, 0.1) is 6.42 Å². The zero-order chi connectivity index (χ0) is 26.2. The molecule has 3 aromatic rings. The topological polar surface area (TPSA) is 34.1 Å². The van der Waals surface area contributed by atoms with E-state index in [9.17, 15) is 22.8 Å². The summed E-state index contributed by atoms with van der Waals surface area (Å²) in [4.78, 5) is 24.2. The van der Waals surface area contributed by atoms with Crippen molar-refractivity contribution in [1.29, 1.82) is 0 Å². The monoisotopic (exact) mass is 480 g/mol. The van der Waals surface area contributed by atoms with Gasteiger partial charge < -0.3 is 0 Å². The van der Waals surface area contributed by atoms with Crippen LogP contribution < -0.4 is 0 Å². The van der Waals surface area contributed by atoms with E-state index in [0.717, 1.165) is 22.3 Å². The van der Waals surface area contributed by atoms with Crippen LogP contribution in [-0.2, 0) is 15.6 Å². The predicted octanol–water partition coefficient (Wildman–Crippen LogP) is 8.32. The molecule has 0 saturated carbocycles. The molecule has 0 spiro atoms. The van der Waals surface area contributed by atoms with Gasteiger partial charge in [-0.2, -0.15) is 13.2 Å². The lowest BCUT2D eigenvalue weighted by Gasteiger charge is -2.20. The van der Waals surface area contributed by atoms with Gasteiger partial charge in [-0.15, -0.1) is 0 Å². The number of alkyl halides is 3. The molecule has 3 aromatic carbocycles. The number of benzene rings is 3. The van der Waals surface area contributed by atoms with Crippen LogP contribution in [0.15, 0.2) is 66.7 Å². The maximum Gasteiger partial charge on any atom is 0.450 e. The number of hydrogen-bond donors (Lipinski definition) is 0. The van der Waals surface area contributed by atoms with Gasteiger partial charge in [-0.25, -0.2) is 0 Å². The second-order valence-corrected chi connectivity index (χ2v) is 11.0. The summed E-state index contributed by atoms with van der Waals surface area (Å²) in [5.41, 5.74) is 5.36. The van der Waals surface area contributed by atoms with E-state index in [1.165, 1.54) is 0 Å². The lowest BCUT2D eigenvalue weighted by Crippen LogP contribution is -2.25. The van der Waals surface area contributed by atoms with Crippen LogP contribution in [0.2, 0.25) is 0 Å². The molecule has 0 saturated heterocycles. The molecule has 0 aromatic heterocycles. The minimum Gasteiger partial charge on any atom is -0.294 e. The molecule has 0 atom stereocenters. The molecule has 0 heterocycles. The number of carbonyl (C=O) groups is 2. The third kappa shape index (κ3) is 6.47. The number of halogens is 3. The Morgan fingerprint density at radius 1 is 0.600 bits per heavy atom.